The first-order chi connectivity index (χ1) is 7.66. The minimum absolute atomic E-state index is 0.194. The summed E-state index contributed by atoms with van der Waals surface area (Å²) in [7, 11) is 0. The summed E-state index contributed by atoms with van der Waals surface area (Å²) >= 11 is 0. The van der Waals surface area contributed by atoms with Gasteiger partial charge < -0.3 is 15.4 Å². The van der Waals surface area contributed by atoms with Gasteiger partial charge in [-0.3, -0.25) is 0 Å². The van der Waals surface area contributed by atoms with Gasteiger partial charge in [-0.2, -0.15) is 0 Å². The molecule has 1 aromatic carbocycles. The molecule has 2 aromatic heterocycles. The maximum Gasteiger partial charge on any atom is 0.297 e. The molecule has 0 unspecified atom stereocenters. The number of imidazole rings is 1. The molecule has 5 nitrogen and oxygen atoms in total. The van der Waals surface area contributed by atoms with E-state index in [9.17, 15) is 15.4 Å². The molecule has 5 heteroatoms. The second-order valence-corrected chi connectivity index (χ2v) is 3.60. The summed E-state index contributed by atoms with van der Waals surface area (Å²) in [5.41, 5.74) is 0.424. The molecule has 80 valence electrons. The van der Waals surface area contributed by atoms with Gasteiger partial charge in [-0.1, -0.05) is 0 Å². The highest BCUT2D eigenvalue weighted by atomic mass is 16.5. The Kier molecular flexibility index (Phi) is 1.54. The normalized spacial score (nSPS) is 11.2. The number of rotatable bonds is 0. The van der Waals surface area contributed by atoms with E-state index >= 15 is 0 Å². The van der Waals surface area contributed by atoms with Crippen molar-refractivity contribution in [3.05, 3.63) is 42.0 Å². The van der Waals surface area contributed by atoms with Crippen LogP contribution >= 0.6 is 0 Å². The van der Waals surface area contributed by atoms with Gasteiger partial charge in [0, 0.05) is 0 Å². The molecule has 0 bridgehead atoms. The number of phenols is 2. The van der Waals surface area contributed by atoms with Crippen LogP contribution in [0.5, 0.6) is 11.5 Å². The summed E-state index contributed by atoms with van der Waals surface area (Å²) in [4.78, 5) is 0. The molecule has 0 aliphatic rings. The zero-order chi connectivity index (χ0) is 11.3. The van der Waals surface area contributed by atoms with Crippen molar-refractivity contribution in [3.8, 4) is 11.5 Å². The maximum absolute atomic E-state index is 11.5. The van der Waals surface area contributed by atoms with Gasteiger partial charge in [-0.25, -0.2) is 9.13 Å². The van der Waals surface area contributed by atoms with Crippen LogP contribution < -0.4 is 4.73 Å². The smallest absolute Gasteiger partial charge is 0.297 e. The van der Waals surface area contributed by atoms with Crippen molar-refractivity contribution in [1.82, 2.24) is 4.40 Å². The van der Waals surface area contributed by atoms with Gasteiger partial charge in [-0.05, 0) is 23.6 Å². The zero-order valence-electron chi connectivity index (χ0n) is 8.16. The molecule has 0 saturated carbocycles. The zero-order valence-corrected chi connectivity index (χ0v) is 8.16. The molecule has 0 aliphatic carbocycles. The molecule has 2 N–H and O–H groups in total. The van der Waals surface area contributed by atoms with E-state index in [2.05, 4.69) is 0 Å². The highest BCUT2D eigenvalue weighted by Gasteiger charge is 2.12. The molecule has 0 atom stereocenters. The molecule has 16 heavy (non-hydrogen) atoms. The Bertz CT molecular complexity index is 703. The first-order valence-electron chi connectivity index (χ1n) is 4.71. The van der Waals surface area contributed by atoms with Crippen LogP contribution in [0.15, 0.2) is 36.8 Å². The van der Waals surface area contributed by atoms with E-state index in [0.717, 1.165) is 4.73 Å². The Hall–Kier alpha value is -2.43. The van der Waals surface area contributed by atoms with Crippen LogP contribution in [-0.2, 0) is 0 Å². The molecule has 0 saturated heterocycles. The third kappa shape index (κ3) is 1.02. The number of fused-ring (bicyclic) bond motifs is 3. The van der Waals surface area contributed by atoms with E-state index in [1.54, 1.807) is 22.9 Å². The summed E-state index contributed by atoms with van der Waals surface area (Å²) in [5.74, 6) is -0.428. The number of aromatic hydroxyl groups is 2. The van der Waals surface area contributed by atoms with E-state index in [1.807, 2.05) is 0 Å². The second-order valence-electron chi connectivity index (χ2n) is 3.60. The average Bonchev–Trinajstić information content (AvgIpc) is 2.63. The Morgan fingerprint density at radius 2 is 1.88 bits per heavy atom. The largest absolute Gasteiger partial charge is 0.710 e. The minimum atomic E-state index is -0.234. The number of aromatic nitrogens is 2. The summed E-state index contributed by atoms with van der Waals surface area (Å²) in [6.07, 6.45) is 4.74. The van der Waals surface area contributed by atoms with Crippen LogP contribution in [0.2, 0.25) is 0 Å². The number of phenolic OH excluding ortho intramolecular Hbond substituents is 2. The summed E-state index contributed by atoms with van der Waals surface area (Å²) < 4.78 is 2.38. The van der Waals surface area contributed by atoms with Crippen molar-refractivity contribution in [2.24, 2.45) is 0 Å². The molecule has 0 radical (unpaired) electrons. The van der Waals surface area contributed by atoms with Crippen LogP contribution in [0, 0.1) is 5.21 Å². The summed E-state index contributed by atoms with van der Waals surface area (Å²) in [5, 5.41) is 31.6. The van der Waals surface area contributed by atoms with E-state index in [0.29, 0.717) is 16.4 Å². The highest BCUT2D eigenvalue weighted by Crippen LogP contribution is 2.31. The molecule has 0 aliphatic heterocycles. The number of benzene rings is 1. The number of pyridine rings is 1. The fraction of sp³-hybridized carbons (Fsp3) is 0. The van der Waals surface area contributed by atoms with Crippen LogP contribution in [0.1, 0.15) is 0 Å². The van der Waals surface area contributed by atoms with Gasteiger partial charge in [0.2, 0.25) is 0 Å². The summed E-state index contributed by atoms with van der Waals surface area (Å²) in [6.45, 7) is 0. The third-order valence-corrected chi connectivity index (χ3v) is 2.62. The fourth-order valence-corrected chi connectivity index (χ4v) is 1.85. The van der Waals surface area contributed by atoms with Gasteiger partial charge in [-0.15, -0.1) is 0 Å². The third-order valence-electron chi connectivity index (χ3n) is 2.62. The molecule has 0 amide bonds. The SMILES string of the molecule is [O-][n+]1ccn2ccc3cc(O)c(O)cc3c21. The average molecular weight is 216 g/mol. The molecule has 3 rings (SSSR count). The van der Waals surface area contributed by atoms with Crippen molar-refractivity contribution in [1.29, 1.82) is 0 Å². The lowest BCUT2D eigenvalue weighted by Gasteiger charge is -2.03. The maximum atomic E-state index is 11.5. The van der Waals surface area contributed by atoms with Gasteiger partial charge >= 0.3 is 0 Å². The Morgan fingerprint density at radius 1 is 1.12 bits per heavy atom. The topological polar surface area (TPSA) is 71.8 Å². The molecular formula is C11H8N2O3. The summed E-state index contributed by atoms with van der Waals surface area (Å²) in [6, 6.07) is 4.58. The van der Waals surface area contributed by atoms with Crippen LogP contribution in [0.4, 0.5) is 0 Å². The Labute approximate surface area is 90.0 Å². The van der Waals surface area contributed by atoms with Crippen molar-refractivity contribution in [3.63, 3.8) is 0 Å². The Morgan fingerprint density at radius 3 is 2.69 bits per heavy atom. The van der Waals surface area contributed by atoms with Crippen LogP contribution in [0.3, 0.4) is 0 Å². The van der Waals surface area contributed by atoms with Gasteiger partial charge in [0.05, 0.1) is 11.6 Å². The van der Waals surface area contributed by atoms with Crippen molar-refractivity contribution < 1.29 is 14.9 Å². The number of hydrogen-bond acceptors (Lipinski definition) is 3. The lowest BCUT2D eigenvalue weighted by Crippen LogP contribution is -2.23. The molecule has 0 fully saturated rings. The van der Waals surface area contributed by atoms with E-state index in [1.165, 1.54) is 18.3 Å². The minimum Gasteiger partial charge on any atom is -0.710 e. The first-order valence-corrected chi connectivity index (χ1v) is 4.71. The monoisotopic (exact) mass is 216 g/mol. The molecule has 3 aromatic rings. The first kappa shape index (κ1) is 8.84. The predicted molar refractivity (Wildman–Crippen MR) is 57.2 cm³/mol. The number of nitrogens with zero attached hydrogens (tertiary/aromatic N) is 2. The molecular weight excluding hydrogens is 208 g/mol. The van der Waals surface area contributed by atoms with Crippen LogP contribution in [-0.4, -0.2) is 14.6 Å². The molecule has 0 spiro atoms. The highest BCUT2D eigenvalue weighted by molar-refractivity contribution is 5.94. The fourth-order valence-electron chi connectivity index (χ4n) is 1.85. The van der Waals surface area contributed by atoms with Gasteiger partial charge in [0.1, 0.15) is 12.4 Å². The predicted octanol–water partition coefficient (Wildman–Crippen LogP) is 1.14. The Balaban J connectivity index is 2.58. The standard InChI is InChI=1S/C11H8N2O3/c14-9-5-7-1-2-12-3-4-13(16)11(12)8(7)6-10(9)15/h1-6,14-15H. The second kappa shape index (κ2) is 2.79. The van der Waals surface area contributed by atoms with Crippen molar-refractivity contribution in [2.45, 2.75) is 0 Å². The molecule has 2 heterocycles. The number of hydrogen-bond donors (Lipinski definition) is 2. The van der Waals surface area contributed by atoms with E-state index in [4.69, 9.17) is 0 Å². The van der Waals surface area contributed by atoms with Gasteiger partial charge in [0.25, 0.3) is 5.65 Å². The van der Waals surface area contributed by atoms with E-state index < -0.39 is 0 Å². The van der Waals surface area contributed by atoms with Gasteiger partial charge in [0.15, 0.2) is 11.5 Å². The van der Waals surface area contributed by atoms with Crippen LogP contribution in [0.25, 0.3) is 16.4 Å². The quantitative estimate of drug-likeness (QED) is 0.336. The van der Waals surface area contributed by atoms with E-state index in [-0.39, 0.29) is 11.5 Å². The lowest BCUT2D eigenvalue weighted by atomic mass is 10.1. The lowest BCUT2D eigenvalue weighted by molar-refractivity contribution is -0.575. The van der Waals surface area contributed by atoms with Crippen molar-refractivity contribution in [2.75, 3.05) is 0 Å². The van der Waals surface area contributed by atoms with Crippen molar-refractivity contribution >= 4 is 16.4 Å².